The van der Waals surface area contributed by atoms with Gasteiger partial charge in [0.2, 0.25) is 5.91 Å². The molecule has 1 aliphatic heterocycles. The first-order valence-corrected chi connectivity index (χ1v) is 10.0. The van der Waals surface area contributed by atoms with Crippen molar-refractivity contribution in [1.29, 1.82) is 5.26 Å². The highest BCUT2D eigenvalue weighted by atomic mass is 16.3. The molecule has 1 saturated heterocycles. The molecule has 0 radical (unpaired) electrons. The van der Waals surface area contributed by atoms with Gasteiger partial charge in [0, 0.05) is 13.1 Å². The molecule has 2 aromatic rings. The standard InChI is InChI=1S/C22H25N5O2/c1-14(2)15-3-5-16(6-4-15)22(9-10-22)21(29)24-18-12-27(13-19(18)28)20-8-7-17(11-23)25-26-20/h3-8,14,18-19,28H,9-10,12-13H2,1-2H3,(H,24,29)/t18-,19+/m1/s1. The third-order valence-electron chi connectivity index (χ3n) is 6.01. The summed E-state index contributed by atoms with van der Waals surface area (Å²) in [6, 6.07) is 13.2. The molecule has 2 aliphatic rings. The molecule has 29 heavy (non-hydrogen) atoms. The molecule has 2 heterocycles. The summed E-state index contributed by atoms with van der Waals surface area (Å²) in [5, 5.41) is 30.2. The van der Waals surface area contributed by atoms with Crippen LogP contribution in [-0.4, -0.2) is 46.4 Å². The lowest BCUT2D eigenvalue weighted by atomic mass is 9.92. The van der Waals surface area contributed by atoms with Gasteiger partial charge < -0.3 is 15.3 Å². The van der Waals surface area contributed by atoms with E-state index >= 15 is 0 Å². The van der Waals surface area contributed by atoms with Gasteiger partial charge in [-0.05, 0) is 42.0 Å². The number of nitrogens with one attached hydrogen (secondary N) is 1. The lowest BCUT2D eigenvalue weighted by Gasteiger charge is -2.22. The van der Waals surface area contributed by atoms with Gasteiger partial charge in [-0.1, -0.05) is 38.1 Å². The Morgan fingerprint density at radius 1 is 1.21 bits per heavy atom. The molecular formula is C22H25N5O2. The number of nitriles is 1. The summed E-state index contributed by atoms with van der Waals surface area (Å²) in [4.78, 5) is 14.9. The summed E-state index contributed by atoms with van der Waals surface area (Å²) in [6.07, 6.45) is 0.969. The molecule has 4 rings (SSSR count). The molecule has 2 fully saturated rings. The second-order valence-electron chi connectivity index (χ2n) is 8.30. The second kappa shape index (κ2) is 7.45. The average molecular weight is 391 g/mol. The van der Waals surface area contributed by atoms with Crippen LogP contribution in [-0.2, 0) is 10.2 Å². The van der Waals surface area contributed by atoms with Crippen molar-refractivity contribution in [3.05, 3.63) is 53.2 Å². The summed E-state index contributed by atoms with van der Waals surface area (Å²) in [5.41, 5.74) is 2.08. The van der Waals surface area contributed by atoms with E-state index in [0.29, 0.717) is 24.8 Å². The van der Waals surface area contributed by atoms with E-state index < -0.39 is 11.5 Å². The zero-order valence-corrected chi connectivity index (χ0v) is 16.7. The number of anilines is 1. The summed E-state index contributed by atoms with van der Waals surface area (Å²) in [7, 11) is 0. The van der Waals surface area contributed by atoms with Gasteiger partial charge >= 0.3 is 0 Å². The number of aromatic nitrogens is 2. The number of benzene rings is 1. The molecule has 1 aromatic heterocycles. The van der Waals surface area contributed by atoms with Gasteiger partial charge in [0.25, 0.3) is 0 Å². The van der Waals surface area contributed by atoms with E-state index in [1.165, 1.54) is 5.56 Å². The van der Waals surface area contributed by atoms with Gasteiger partial charge in [0.1, 0.15) is 6.07 Å². The zero-order valence-electron chi connectivity index (χ0n) is 16.7. The normalized spacial score (nSPS) is 22.4. The first-order chi connectivity index (χ1) is 13.9. The number of amides is 1. The number of hydrogen-bond acceptors (Lipinski definition) is 6. The average Bonchev–Trinajstić information content (AvgIpc) is 3.47. The van der Waals surface area contributed by atoms with Crippen molar-refractivity contribution in [2.45, 2.75) is 50.2 Å². The summed E-state index contributed by atoms with van der Waals surface area (Å²) >= 11 is 0. The largest absolute Gasteiger partial charge is 0.389 e. The smallest absolute Gasteiger partial charge is 0.231 e. The predicted octanol–water partition coefficient (Wildman–Crippen LogP) is 1.87. The Morgan fingerprint density at radius 3 is 2.48 bits per heavy atom. The fraction of sp³-hybridized carbons (Fsp3) is 0.455. The topological polar surface area (TPSA) is 102 Å². The monoisotopic (exact) mass is 391 g/mol. The van der Waals surface area contributed by atoms with E-state index in [1.54, 1.807) is 12.1 Å². The molecule has 2 atom stereocenters. The summed E-state index contributed by atoms with van der Waals surface area (Å²) < 4.78 is 0. The van der Waals surface area contributed by atoms with E-state index in [1.807, 2.05) is 11.0 Å². The highest BCUT2D eigenvalue weighted by Gasteiger charge is 2.52. The molecule has 150 valence electrons. The number of aliphatic hydroxyl groups is 1. The molecule has 1 aliphatic carbocycles. The fourth-order valence-electron chi connectivity index (χ4n) is 3.93. The van der Waals surface area contributed by atoms with Crippen molar-refractivity contribution in [3.63, 3.8) is 0 Å². The van der Waals surface area contributed by atoms with Gasteiger partial charge in [-0.15, -0.1) is 10.2 Å². The van der Waals surface area contributed by atoms with E-state index in [-0.39, 0.29) is 17.6 Å². The third-order valence-corrected chi connectivity index (χ3v) is 6.01. The van der Waals surface area contributed by atoms with Gasteiger partial charge in [-0.2, -0.15) is 5.26 Å². The first kappa shape index (κ1) is 19.3. The number of carbonyl (C=O) groups excluding carboxylic acids is 1. The quantitative estimate of drug-likeness (QED) is 0.807. The second-order valence-corrected chi connectivity index (χ2v) is 8.30. The van der Waals surface area contributed by atoms with E-state index in [9.17, 15) is 9.90 Å². The summed E-state index contributed by atoms with van der Waals surface area (Å²) in [6.45, 7) is 5.12. The molecule has 1 amide bonds. The van der Waals surface area contributed by atoms with Crippen molar-refractivity contribution in [3.8, 4) is 6.07 Å². The molecule has 1 saturated carbocycles. The number of hydrogen-bond donors (Lipinski definition) is 2. The van der Waals surface area contributed by atoms with Gasteiger partial charge in [-0.25, -0.2) is 0 Å². The Kier molecular flexibility index (Phi) is 4.97. The summed E-state index contributed by atoms with van der Waals surface area (Å²) in [5.74, 6) is 1.02. The van der Waals surface area contributed by atoms with Crippen LogP contribution < -0.4 is 10.2 Å². The van der Waals surface area contributed by atoms with Crippen LogP contribution in [0.3, 0.4) is 0 Å². The van der Waals surface area contributed by atoms with Crippen molar-refractivity contribution in [1.82, 2.24) is 15.5 Å². The van der Waals surface area contributed by atoms with E-state index in [2.05, 4.69) is 53.6 Å². The first-order valence-electron chi connectivity index (χ1n) is 10.0. The molecule has 0 spiro atoms. The molecule has 0 bridgehead atoms. The Labute approximate surface area is 170 Å². The van der Waals surface area contributed by atoms with Gasteiger partial charge in [-0.3, -0.25) is 4.79 Å². The van der Waals surface area contributed by atoms with Crippen molar-refractivity contribution in [2.75, 3.05) is 18.0 Å². The molecule has 2 N–H and O–H groups in total. The number of β-amino-alcohol motifs (C(OH)–C–C–N with tert-alkyl or cyclic N) is 1. The van der Waals surface area contributed by atoms with Crippen molar-refractivity contribution >= 4 is 11.7 Å². The van der Waals surface area contributed by atoms with E-state index in [4.69, 9.17) is 5.26 Å². The predicted molar refractivity (Wildman–Crippen MR) is 108 cm³/mol. The van der Waals surface area contributed by atoms with Gasteiger partial charge in [0.05, 0.1) is 17.6 Å². The highest BCUT2D eigenvalue weighted by Crippen LogP contribution is 2.48. The molecule has 7 heteroatoms. The van der Waals surface area contributed by atoms with Crippen molar-refractivity contribution in [2.24, 2.45) is 0 Å². The van der Waals surface area contributed by atoms with Crippen LogP contribution in [0.1, 0.15) is 49.4 Å². The maximum Gasteiger partial charge on any atom is 0.231 e. The highest BCUT2D eigenvalue weighted by molar-refractivity contribution is 5.91. The van der Waals surface area contributed by atoms with Crippen LogP contribution in [0.2, 0.25) is 0 Å². The SMILES string of the molecule is CC(C)c1ccc(C2(C(=O)N[C@@H]3CN(c4ccc(C#N)nn4)C[C@@H]3O)CC2)cc1. The van der Waals surface area contributed by atoms with Crippen LogP contribution in [0.5, 0.6) is 0 Å². The molecule has 1 aromatic carbocycles. The Hall–Kier alpha value is -2.98. The minimum absolute atomic E-state index is 0.0217. The van der Waals surface area contributed by atoms with Crippen LogP contribution in [0.4, 0.5) is 5.82 Å². The maximum atomic E-state index is 13.1. The van der Waals surface area contributed by atoms with Crippen LogP contribution >= 0.6 is 0 Å². The number of rotatable bonds is 5. The number of carbonyl (C=O) groups is 1. The Balaban J connectivity index is 1.43. The fourth-order valence-corrected chi connectivity index (χ4v) is 3.93. The van der Waals surface area contributed by atoms with Crippen LogP contribution in [0, 0.1) is 11.3 Å². The molecular weight excluding hydrogens is 366 g/mol. The minimum Gasteiger partial charge on any atom is -0.389 e. The van der Waals surface area contributed by atoms with Crippen LogP contribution in [0.25, 0.3) is 0 Å². The van der Waals surface area contributed by atoms with Crippen LogP contribution in [0.15, 0.2) is 36.4 Å². The van der Waals surface area contributed by atoms with Crippen molar-refractivity contribution < 1.29 is 9.90 Å². The van der Waals surface area contributed by atoms with Gasteiger partial charge in [0.15, 0.2) is 11.5 Å². The molecule has 7 nitrogen and oxygen atoms in total. The number of nitrogens with zero attached hydrogens (tertiary/aromatic N) is 4. The Morgan fingerprint density at radius 2 is 1.93 bits per heavy atom. The lowest BCUT2D eigenvalue weighted by molar-refractivity contribution is -0.124. The maximum absolute atomic E-state index is 13.1. The lowest BCUT2D eigenvalue weighted by Crippen LogP contribution is -2.47. The number of aliphatic hydroxyl groups excluding tert-OH is 1. The third kappa shape index (κ3) is 3.68. The minimum atomic E-state index is -0.685. The zero-order chi connectivity index (χ0) is 20.6. The molecule has 0 unspecified atom stereocenters. The van der Waals surface area contributed by atoms with E-state index in [0.717, 1.165) is 18.4 Å². The Bertz CT molecular complexity index is 929.